The van der Waals surface area contributed by atoms with Gasteiger partial charge in [-0.25, -0.2) is 0 Å². The van der Waals surface area contributed by atoms with Gasteiger partial charge in [0, 0.05) is 19.7 Å². The molecular weight excluding hydrogens is 196 g/mol. The summed E-state index contributed by atoms with van der Waals surface area (Å²) in [5, 5.41) is 4.04. The minimum Gasteiger partial charge on any atom is -0.303 e. The lowest BCUT2D eigenvalue weighted by atomic mass is 10.3. The number of aromatic nitrogens is 2. The quantitative estimate of drug-likeness (QED) is 0.670. The molecule has 0 bridgehead atoms. The van der Waals surface area contributed by atoms with Crippen LogP contribution in [-0.2, 0) is 18.3 Å². The molecule has 0 aliphatic carbocycles. The Kier molecular flexibility index (Phi) is 2.21. The summed E-state index contributed by atoms with van der Waals surface area (Å²) in [4.78, 5) is 10.1. The fourth-order valence-corrected chi connectivity index (χ4v) is 1.26. The standard InChI is InChI=1S/C6H7BrN2O/c1-9-4-5(7)6(8-9)2-3-10/h3-4H,2H2,1H3. The Bertz CT molecular complexity index is 244. The first-order valence-corrected chi connectivity index (χ1v) is 3.65. The molecule has 1 aromatic heterocycles. The monoisotopic (exact) mass is 202 g/mol. The van der Waals surface area contributed by atoms with Crippen LogP contribution in [0.3, 0.4) is 0 Å². The molecule has 10 heavy (non-hydrogen) atoms. The van der Waals surface area contributed by atoms with Crippen molar-refractivity contribution in [3.8, 4) is 0 Å². The Morgan fingerprint density at radius 3 is 3.00 bits per heavy atom. The average Bonchev–Trinajstić information content (AvgIpc) is 2.13. The molecular formula is C6H7BrN2O. The number of carbonyl (C=O) groups is 1. The molecule has 4 heteroatoms. The summed E-state index contributed by atoms with van der Waals surface area (Å²) >= 11 is 3.28. The summed E-state index contributed by atoms with van der Waals surface area (Å²) < 4.78 is 2.56. The van der Waals surface area contributed by atoms with E-state index in [9.17, 15) is 4.79 Å². The van der Waals surface area contributed by atoms with Crippen LogP contribution in [0.1, 0.15) is 5.69 Å². The van der Waals surface area contributed by atoms with Gasteiger partial charge < -0.3 is 4.79 Å². The fraction of sp³-hybridized carbons (Fsp3) is 0.333. The highest BCUT2D eigenvalue weighted by atomic mass is 79.9. The SMILES string of the molecule is Cn1cc(Br)c(CC=O)n1. The van der Waals surface area contributed by atoms with Gasteiger partial charge in [0.1, 0.15) is 6.29 Å². The molecule has 0 amide bonds. The first kappa shape index (κ1) is 7.47. The van der Waals surface area contributed by atoms with E-state index in [1.807, 2.05) is 13.2 Å². The Labute approximate surface area is 67.2 Å². The lowest BCUT2D eigenvalue weighted by Crippen LogP contribution is -1.91. The van der Waals surface area contributed by atoms with E-state index < -0.39 is 0 Å². The minimum absolute atomic E-state index is 0.376. The fourth-order valence-electron chi connectivity index (χ4n) is 0.723. The number of hydrogen-bond donors (Lipinski definition) is 0. The van der Waals surface area contributed by atoms with E-state index in [1.54, 1.807) is 4.68 Å². The third kappa shape index (κ3) is 1.44. The van der Waals surface area contributed by atoms with Gasteiger partial charge in [-0.2, -0.15) is 5.10 Å². The van der Waals surface area contributed by atoms with E-state index >= 15 is 0 Å². The second-order valence-corrected chi connectivity index (χ2v) is 2.82. The van der Waals surface area contributed by atoms with Crippen LogP contribution in [0.4, 0.5) is 0 Å². The van der Waals surface area contributed by atoms with Crippen molar-refractivity contribution in [2.75, 3.05) is 0 Å². The van der Waals surface area contributed by atoms with Crippen LogP contribution >= 0.6 is 15.9 Å². The van der Waals surface area contributed by atoms with Crippen LogP contribution in [0.25, 0.3) is 0 Å². The van der Waals surface area contributed by atoms with Crippen molar-refractivity contribution in [2.45, 2.75) is 6.42 Å². The van der Waals surface area contributed by atoms with Gasteiger partial charge in [0.25, 0.3) is 0 Å². The number of hydrogen-bond acceptors (Lipinski definition) is 2. The summed E-state index contributed by atoms with van der Waals surface area (Å²) in [6.07, 6.45) is 3.04. The van der Waals surface area contributed by atoms with Crippen LogP contribution in [-0.4, -0.2) is 16.1 Å². The molecule has 0 aliphatic heterocycles. The van der Waals surface area contributed by atoms with Crippen LogP contribution < -0.4 is 0 Å². The second-order valence-electron chi connectivity index (χ2n) is 1.97. The Hall–Kier alpha value is -0.640. The Morgan fingerprint density at radius 2 is 2.60 bits per heavy atom. The molecule has 1 aromatic rings. The molecule has 0 N–H and O–H groups in total. The highest BCUT2D eigenvalue weighted by molar-refractivity contribution is 9.10. The summed E-state index contributed by atoms with van der Waals surface area (Å²) in [5.41, 5.74) is 0.789. The minimum atomic E-state index is 0.376. The highest BCUT2D eigenvalue weighted by Gasteiger charge is 2.01. The molecule has 0 radical (unpaired) electrons. The van der Waals surface area contributed by atoms with Gasteiger partial charge in [-0.05, 0) is 15.9 Å². The molecule has 0 unspecified atom stereocenters. The van der Waals surface area contributed by atoms with Gasteiger partial charge >= 0.3 is 0 Å². The number of aryl methyl sites for hydroxylation is 1. The van der Waals surface area contributed by atoms with Gasteiger partial charge in [0.15, 0.2) is 0 Å². The summed E-state index contributed by atoms with van der Waals surface area (Å²) in [7, 11) is 1.82. The lowest BCUT2D eigenvalue weighted by Gasteiger charge is -1.84. The molecule has 3 nitrogen and oxygen atoms in total. The highest BCUT2D eigenvalue weighted by Crippen LogP contribution is 2.13. The lowest BCUT2D eigenvalue weighted by molar-refractivity contribution is -0.107. The van der Waals surface area contributed by atoms with E-state index in [2.05, 4.69) is 21.0 Å². The van der Waals surface area contributed by atoms with Crippen LogP contribution in [0, 0.1) is 0 Å². The van der Waals surface area contributed by atoms with E-state index in [4.69, 9.17) is 0 Å². The predicted molar refractivity (Wildman–Crippen MR) is 40.7 cm³/mol. The number of rotatable bonds is 2. The van der Waals surface area contributed by atoms with Crippen molar-refractivity contribution in [1.82, 2.24) is 9.78 Å². The number of carbonyl (C=O) groups excluding carboxylic acids is 1. The van der Waals surface area contributed by atoms with E-state index in [-0.39, 0.29) is 0 Å². The van der Waals surface area contributed by atoms with Gasteiger partial charge in [-0.3, -0.25) is 4.68 Å². The van der Waals surface area contributed by atoms with Crippen LogP contribution in [0.15, 0.2) is 10.7 Å². The maximum absolute atomic E-state index is 10.1. The first-order valence-electron chi connectivity index (χ1n) is 2.85. The number of aldehydes is 1. The van der Waals surface area contributed by atoms with E-state index in [1.165, 1.54) is 0 Å². The van der Waals surface area contributed by atoms with Crippen molar-refractivity contribution in [2.24, 2.45) is 7.05 Å². The molecule has 0 aromatic carbocycles. The first-order chi connectivity index (χ1) is 4.74. The molecule has 54 valence electrons. The number of halogens is 1. The number of nitrogens with zero attached hydrogens (tertiary/aromatic N) is 2. The van der Waals surface area contributed by atoms with E-state index in [0.29, 0.717) is 6.42 Å². The van der Waals surface area contributed by atoms with Gasteiger partial charge in [0.05, 0.1) is 10.2 Å². The zero-order valence-corrected chi connectivity index (χ0v) is 7.13. The third-order valence-electron chi connectivity index (χ3n) is 1.13. The van der Waals surface area contributed by atoms with Gasteiger partial charge in [0.2, 0.25) is 0 Å². The Balaban J connectivity index is 2.91. The van der Waals surface area contributed by atoms with E-state index in [0.717, 1.165) is 16.5 Å². The summed E-state index contributed by atoms with van der Waals surface area (Å²) in [6.45, 7) is 0. The van der Waals surface area contributed by atoms with Gasteiger partial charge in [-0.15, -0.1) is 0 Å². The summed E-state index contributed by atoms with van der Waals surface area (Å²) in [6, 6.07) is 0. The van der Waals surface area contributed by atoms with Crippen molar-refractivity contribution in [1.29, 1.82) is 0 Å². The molecule has 0 fully saturated rings. The van der Waals surface area contributed by atoms with Crippen molar-refractivity contribution >= 4 is 22.2 Å². The summed E-state index contributed by atoms with van der Waals surface area (Å²) in [5.74, 6) is 0. The second kappa shape index (κ2) is 2.96. The molecule has 0 saturated heterocycles. The Morgan fingerprint density at radius 1 is 1.90 bits per heavy atom. The van der Waals surface area contributed by atoms with Crippen molar-refractivity contribution in [3.05, 3.63) is 16.4 Å². The van der Waals surface area contributed by atoms with Crippen LogP contribution in [0.2, 0.25) is 0 Å². The van der Waals surface area contributed by atoms with Crippen LogP contribution in [0.5, 0.6) is 0 Å². The maximum Gasteiger partial charge on any atom is 0.126 e. The normalized spacial score (nSPS) is 9.80. The predicted octanol–water partition coefficient (Wildman–Crippen LogP) is 0.924. The topological polar surface area (TPSA) is 34.9 Å². The molecule has 0 saturated carbocycles. The molecule has 1 rings (SSSR count). The molecule has 0 aliphatic rings. The smallest absolute Gasteiger partial charge is 0.126 e. The van der Waals surface area contributed by atoms with Crippen molar-refractivity contribution in [3.63, 3.8) is 0 Å². The third-order valence-corrected chi connectivity index (χ3v) is 1.79. The molecule has 0 atom stereocenters. The van der Waals surface area contributed by atoms with Crippen molar-refractivity contribution < 1.29 is 4.79 Å². The zero-order chi connectivity index (χ0) is 7.56. The average molecular weight is 203 g/mol. The molecule has 0 spiro atoms. The molecule has 1 heterocycles. The van der Waals surface area contributed by atoms with Gasteiger partial charge in [-0.1, -0.05) is 0 Å². The largest absolute Gasteiger partial charge is 0.303 e. The zero-order valence-electron chi connectivity index (χ0n) is 5.54. The maximum atomic E-state index is 10.1.